The van der Waals surface area contributed by atoms with Crippen molar-refractivity contribution in [2.24, 2.45) is 0 Å². The van der Waals surface area contributed by atoms with Crippen molar-refractivity contribution < 1.29 is 18.0 Å². The van der Waals surface area contributed by atoms with Crippen molar-refractivity contribution in [3.63, 3.8) is 0 Å². The zero-order chi connectivity index (χ0) is 15.3. The molecule has 1 amide bonds. The predicted octanol–water partition coefficient (Wildman–Crippen LogP) is 1.51. The zero-order valence-electron chi connectivity index (χ0n) is 11.1. The van der Waals surface area contributed by atoms with Crippen molar-refractivity contribution >= 4 is 31.9 Å². The molecule has 0 fully saturated rings. The second-order valence-corrected chi connectivity index (χ2v) is 6.88. The first-order chi connectivity index (χ1) is 9.28. The van der Waals surface area contributed by atoms with Gasteiger partial charge in [0.15, 0.2) is 0 Å². The lowest BCUT2D eigenvalue weighted by Gasteiger charge is -2.14. The standard InChI is InChI=1S/C12H15BrN2O4S/c1-9(13)8-14-12(16)10-4-6-11(7-5-10)20(17,18)15(2)19-3/h4-7H,1,8H2,2-3H3,(H,14,16). The number of amides is 1. The Morgan fingerprint density at radius 2 is 1.95 bits per heavy atom. The molecule has 0 unspecified atom stereocenters. The normalized spacial score (nSPS) is 11.4. The third kappa shape index (κ3) is 4.14. The van der Waals surface area contributed by atoms with Crippen LogP contribution in [-0.2, 0) is 14.9 Å². The summed E-state index contributed by atoms with van der Waals surface area (Å²) in [5.74, 6) is -0.311. The van der Waals surface area contributed by atoms with Crippen molar-refractivity contribution in [2.75, 3.05) is 20.7 Å². The number of hydrogen-bond acceptors (Lipinski definition) is 4. The number of hydrogen-bond donors (Lipinski definition) is 1. The summed E-state index contributed by atoms with van der Waals surface area (Å²) in [4.78, 5) is 16.5. The topological polar surface area (TPSA) is 75.7 Å². The molecular weight excluding hydrogens is 348 g/mol. The van der Waals surface area contributed by atoms with E-state index in [0.717, 1.165) is 4.47 Å². The minimum absolute atomic E-state index is 0.0447. The van der Waals surface area contributed by atoms with Gasteiger partial charge in [0, 0.05) is 23.6 Å². The molecule has 0 aromatic heterocycles. The van der Waals surface area contributed by atoms with Crippen LogP contribution >= 0.6 is 15.9 Å². The summed E-state index contributed by atoms with van der Waals surface area (Å²) >= 11 is 3.13. The molecule has 20 heavy (non-hydrogen) atoms. The van der Waals surface area contributed by atoms with E-state index in [1.807, 2.05) is 0 Å². The maximum atomic E-state index is 11.9. The Kier molecular flexibility index (Phi) is 5.88. The lowest BCUT2D eigenvalue weighted by Crippen LogP contribution is -2.26. The highest BCUT2D eigenvalue weighted by molar-refractivity contribution is 9.11. The van der Waals surface area contributed by atoms with E-state index < -0.39 is 10.0 Å². The van der Waals surface area contributed by atoms with Crippen molar-refractivity contribution in [1.29, 1.82) is 0 Å². The van der Waals surface area contributed by atoms with Crippen LogP contribution in [0, 0.1) is 0 Å². The molecule has 8 heteroatoms. The summed E-state index contributed by atoms with van der Waals surface area (Å²) in [6.45, 7) is 3.90. The Labute approximate surface area is 126 Å². The Morgan fingerprint density at radius 1 is 1.40 bits per heavy atom. The molecule has 0 atom stereocenters. The average molecular weight is 363 g/mol. The molecule has 1 rings (SSSR count). The first-order valence-corrected chi connectivity index (χ1v) is 7.77. The molecule has 0 aliphatic rings. The molecule has 110 valence electrons. The van der Waals surface area contributed by atoms with Crippen LogP contribution in [0.5, 0.6) is 0 Å². The van der Waals surface area contributed by atoms with Gasteiger partial charge in [0.25, 0.3) is 15.9 Å². The summed E-state index contributed by atoms with van der Waals surface area (Å²) in [5.41, 5.74) is 0.359. The minimum Gasteiger partial charge on any atom is -0.347 e. The van der Waals surface area contributed by atoms with Crippen molar-refractivity contribution in [2.45, 2.75) is 4.90 Å². The van der Waals surface area contributed by atoms with Crippen molar-refractivity contribution in [3.05, 3.63) is 40.9 Å². The van der Waals surface area contributed by atoms with Crippen LogP contribution in [0.3, 0.4) is 0 Å². The van der Waals surface area contributed by atoms with E-state index in [2.05, 4.69) is 32.7 Å². The van der Waals surface area contributed by atoms with Crippen LogP contribution in [0.2, 0.25) is 0 Å². The fourth-order valence-electron chi connectivity index (χ4n) is 1.30. The first kappa shape index (κ1) is 16.8. The summed E-state index contributed by atoms with van der Waals surface area (Å²) < 4.78 is 25.3. The molecule has 0 heterocycles. The van der Waals surface area contributed by atoms with Gasteiger partial charge < -0.3 is 5.32 Å². The maximum Gasteiger partial charge on any atom is 0.264 e. The third-order valence-electron chi connectivity index (χ3n) is 2.45. The first-order valence-electron chi connectivity index (χ1n) is 5.53. The molecule has 1 aromatic rings. The van der Waals surface area contributed by atoms with Crippen LogP contribution in [0.25, 0.3) is 0 Å². The zero-order valence-corrected chi connectivity index (χ0v) is 13.5. The van der Waals surface area contributed by atoms with Gasteiger partial charge in [-0.2, -0.15) is 0 Å². The molecule has 0 aliphatic heterocycles. The monoisotopic (exact) mass is 362 g/mol. The molecule has 0 spiro atoms. The lowest BCUT2D eigenvalue weighted by atomic mass is 10.2. The Bertz CT molecular complexity index is 598. The number of sulfonamides is 1. The molecule has 0 radical (unpaired) electrons. The van der Waals surface area contributed by atoms with Gasteiger partial charge in [-0.25, -0.2) is 8.42 Å². The third-order valence-corrected chi connectivity index (χ3v) is 4.43. The highest BCUT2D eigenvalue weighted by Gasteiger charge is 2.20. The molecular formula is C12H15BrN2O4S. The molecule has 1 N–H and O–H groups in total. The largest absolute Gasteiger partial charge is 0.347 e. The number of carbonyl (C=O) groups is 1. The summed E-state index contributed by atoms with van der Waals surface area (Å²) in [6, 6.07) is 5.57. The molecule has 0 aliphatic carbocycles. The van der Waals surface area contributed by atoms with E-state index in [-0.39, 0.29) is 10.8 Å². The smallest absolute Gasteiger partial charge is 0.264 e. The quantitative estimate of drug-likeness (QED) is 0.778. The predicted molar refractivity (Wildman–Crippen MR) is 78.8 cm³/mol. The van der Waals surface area contributed by atoms with Crippen LogP contribution in [0.15, 0.2) is 40.2 Å². The second-order valence-electron chi connectivity index (χ2n) is 3.82. The van der Waals surface area contributed by atoms with E-state index in [4.69, 9.17) is 0 Å². The number of benzene rings is 1. The number of nitrogens with one attached hydrogen (secondary N) is 1. The van der Waals surface area contributed by atoms with Gasteiger partial charge >= 0.3 is 0 Å². The second kappa shape index (κ2) is 6.98. The fourth-order valence-corrected chi connectivity index (χ4v) is 2.42. The molecule has 0 bridgehead atoms. The van der Waals surface area contributed by atoms with Gasteiger partial charge in [0.2, 0.25) is 0 Å². The van der Waals surface area contributed by atoms with Gasteiger partial charge in [0.05, 0.1) is 12.0 Å². The summed E-state index contributed by atoms with van der Waals surface area (Å²) in [5, 5.41) is 2.62. The molecule has 1 aromatic carbocycles. The number of halogens is 1. The van der Waals surface area contributed by atoms with Crippen LogP contribution < -0.4 is 5.32 Å². The average Bonchev–Trinajstić information content (AvgIpc) is 2.43. The molecule has 0 saturated heterocycles. The van der Waals surface area contributed by atoms with Gasteiger partial charge in [-0.05, 0) is 24.3 Å². The SMILES string of the molecule is C=C(Br)CNC(=O)c1ccc(S(=O)(=O)N(C)OC)cc1. The lowest BCUT2D eigenvalue weighted by molar-refractivity contribution is -0.0258. The van der Waals surface area contributed by atoms with E-state index >= 15 is 0 Å². The summed E-state index contributed by atoms with van der Waals surface area (Å²) in [6.07, 6.45) is 0. The van der Waals surface area contributed by atoms with Gasteiger partial charge in [0.1, 0.15) is 0 Å². The van der Waals surface area contributed by atoms with Gasteiger partial charge in [-0.3, -0.25) is 9.63 Å². The van der Waals surface area contributed by atoms with E-state index in [9.17, 15) is 13.2 Å². The number of nitrogens with zero attached hydrogens (tertiary/aromatic N) is 1. The molecule has 6 nitrogen and oxygen atoms in total. The highest BCUT2D eigenvalue weighted by Crippen LogP contribution is 2.15. The maximum absolute atomic E-state index is 11.9. The fraction of sp³-hybridized carbons (Fsp3) is 0.250. The van der Waals surface area contributed by atoms with Gasteiger partial charge in [-0.15, -0.1) is 0 Å². The van der Waals surface area contributed by atoms with Crippen molar-refractivity contribution in [3.8, 4) is 0 Å². The van der Waals surface area contributed by atoms with Crippen LogP contribution in [0.1, 0.15) is 10.4 Å². The summed E-state index contributed by atoms with van der Waals surface area (Å²) in [7, 11) is -1.15. The number of hydroxylamine groups is 1. The Balaban J connectivity index is 2.89. The van der Waals surface area contributed by atoms with E-state index in [1.165, 1.54) is 38.4 Å². The highest BCUT2D eigenvalue weighted by atomic mass is 79.9. The van der Waals surface area contributed by atoms with Crippen molar-refractivity contribution in [1.82, 2.24) is 9.79 Å². The number of carbonyl (C=O) groups excluding carboxylic acids is 1. The van der Waals surface area contributed by atoms with Crippen LogP contribution in [-0.4, -0.2) is 39.5 Å². The minimum atomic E-state index is -3.70. The molecule has 0 saturated carbocycles. The van der Waals surface area contributed by atoms with E-state index in [1.54, 1.807) is 0 Å². The van der Waals surface area contributed by atoms with Gasteiger partial charge in [-0.1, -0.05) is 27.0 Å². The Morgan fingerprint density at radius 3 is 2.40 bits per heavy atom. The van der Waals surface area contributed by atoms with E-state index in [0.29, 0.717) is 16.6 Å². The number of rotatable bonds is 6. The van der Waals surface area contributed by atoms with Crippen LogP contribution in [0.4, 0.5) is 0 Å². The Hall–Kier alpha value is -1.22.